The smallest absolute Gasteiger partial charge is 0.261 e. The Balaban J connectivity index is 2.35. The highest BCUT2D eigenvalue weighted by atomic mass is 35.5. The van der Waals surface area contributed by atoms with Gasteiger partial charge in [0.1, 0.15) is 0 Å². The summed E-state index contributed by atoms with van der Waals surface area (Å²) in [5.74, 6) is 0.538. The average molecular weight is 260 g/mol. The summed E-state index contributed by atoms with van der Waals surface area (Å²) in [6, 6.07) is 3.80. The molecule has 0 aliphatic carbocycles. The van der Waals surface area contributed by atoms with Gasteiger partial charge in [-0.1, -0.05) is 13.8 Å². The molecule has 2 nitrogen and oxygen atoms in total. The maximum absolute atomic E-state index is 11.7. The van der Waals surface area contributed by atoms with Gasteiger partial charge in [-0.2, -0.15) is 0 Å². The third-order valence-electron chi connectivity index (χ3n) is 2.18. The minimum Gasteiger partial charge on any atom is -0.350 e. The molecule has 1 atom stereocenters. The van der Waals surface area contributed by atoms with E-state index in [-0.39, 0.29) is 11.3 Å². The number of halogens is 1. The molecule has 0 saturated carbocycles. The minimum atomic E-state index is -0.0208. The van der Waals surface area contributed by atoms with Crippen LogP contribution in [0.1, 0.15) is 34.8 Å². The molecule has 1 aromatic rings. The standard InChI is InChI=1S/C12H18ClNOS/c1-8(2)6-10(13)7-14-12(15)11-5-4-9(3)16-11/h4-5,8,10H,6-7H2,1-3H3,(H,14,15). The summed E-state index contributed by atoms with van der Waals surface area (Å²) in [4.78, 5) is 13.6. The molecule has 0 fully saturated rings. The molecular formula is C12H18ClNOS. The first-order chi connectivity index (χ1) is 7.49. The van der Waals surface area contributed by atoms with Crippen molar-refractivity contribution in [2.75, 3.05) is 6.54 Å². The molecule has 0 aliphatic heterocycles. The number of amides is 1. The van der Waals surface area contributed by atoms with Crippen LogP contribution in [0.2, 0.25) is 0 Å². The molecule has 0 bridgehead atoms. The molecule has 1 unspecified atom stereocenters. The third-order valence-corrected chi connectivity index (χ3v) is 3.51. The molecule has 90 valence electrons. The van der Waals surface area contributed by atoms with Gasteiger partial charge in [-0.15, -0.1) is 22.9 Å². The van der Waals surface area contributed by atoms with Crippen LogP contribution < -0.4 is 5.32 Å². The molecule has 1 amide bonds. The molecule has 1 N–H and O–H groups in total. The third kappa shape index (κ3) is 4.54. The maximum atomic E-state index is 11.7. The van der Waals surface area contributed by atoms with Crippen molar-refractivity contribution in [2.24, 2.45) is 5.92 Å². The Labute approximate surface area is 106 Å². The summed E-state index contributed by atoms with van der Waals surface area (Å²) < 4.78 is 0. The van der Waals surface area contributed by atoms with E-state index in [9.17, 15) is 4.79 Å². The van der Waals surface area contributed by atoms with E-state index in [1.807, 2.05) is 19.1 Å². The predicted molar refractivity (Wildman–Crippen MR) is 70.5 cm³/mol. The van der Waals surface area contributed by atoms with Gasteiger partial charge in [-0.25, -0.2) is 0 Å². The summed E-state index contributed by atoms with van der Waals surface area (Å²) in [5, 5.41) is 2.88. The second-order valence-electron chi connectivity index (χ2n) is 4.35. The fourth-order valence-corrected chi connectivity index (χ4v) is 2.66. The average Bonchev–Trinajstić information content (AvgIpc) is 2.60. The molecule has 0 radical (unpaired) electrons. The van der Waals surface area contributed by atoms with Crippen molar-refractivity contribution in [1.29, 1.82) is 0 Å². The van der Waals surface area contributed by atoms with Gasteiger partial charge in [-0.3, -0.25) is 4.79 Å². The van der Waals surface area contributed by atoms with E-state index in [1.165, 1.54) is 11.3 Å². The molecule has 0 aromatic carbocycles. The zero-order valence-electron chi connectivity index (χ0n) is 9.92. The van der Waals surface area contributed by atoms with Crippen LogP contribution in [0, 0.1) is 12.8 Å². The van der Waals surface area contributed by atoms with Crippen LogP contribution >= 0.6 is 22.9 Å². The van der Waals surface area contributed by atoms with Gasteiger partial charge in [0.15, 0.2) is 0 Å². The van der Waals surface area contributed by atoms with Gasteiger partial charge >= 0.3 is 0 Å². The molecule has 0 spiro atoms. The van der Waals surface area contributed by atoms with Crippen LogP contribution in [-0.4, -0.2) is 17.8 Å². The first-order valence-electron chi connectivity index (χ1n) is 5.47. The molecular weight excluding hydrogens is 242 g/mol. The van der Waals surface area contributed by atoms with E-state index in [1.54, 1.807) is 0 Å². The number of thiophene rings is 1. The van der Waals surface area contributed by atoms with E-state index in [2.05, 4.69) is 19.2 Å². The minimum absolute atomic E-state index is 0.0185. The lowest BCUT2D eigenvalue weighted by molar-refractivity contribution is 0.0957. The molecule has 4 heteroatoms. The van der Waals surface area contributed by atoms with E-state index in [0.29, 0.717) is 12.5 Å². The normalized spacial score (nSPS) is 12.8. The lowest BCUT2D eigenvalue weighted by atomic mass is 10.1. The number of aryl methyl sites for hydroxylation is 1. The van der Waals surface area contributed by atoms with Gasteiger partial charge in [-0.05, 0) is 31.4 Å². The Morgan fingerprint density at radius 3 is 2.69 bits per heavy atom. The van der Waals surface area contributed by atoms with Crippen molar-refractivity contribution < 1.29 is 4.79 Å². The molecule has 16 heavy (non-hydrogen) atoms. The number of carbonyl (C=O) groups is 1. The Morgan fingerprint density at radius 2 is 2.19 bits per heavy atom. The van der Waals surface area contributed by atoms with Gasteiger partial charge < -0.3 is 5.32 Å². The van der Waals surface area contributed by atoms with Crippen molar-refractivity contribution in [1.82, 2.24) is 5.32 Å². The lowest BCUT2D eigenvalue weighted by Gasteiger charge is -2.12. The highest BCUT2D eigenvalue weighted by Gasteiger charge is 2.11. The van der Waals surface area contributed by atoms with Crippen LogP contribution in [0.3, 0.4) is 0 Å². The molecule has 0 saturated heterocycles. The Hall–Kier alpha value is -0.540. The Morgan fingerprint density at radius 1 is 1.50 bits per heavy atom. The summed E-state index contributed by atoms with van der Waals surface area (Å²) in [6.07, 6.45) is 0.922. The Bertz CT molecular complexity index is 349. The number of rotatable bonds is 5. The summed E-state index contributed by atoms with van der Waals surface area (Å²) >= 11 is 7.61. The Kier molecular flexibility index (Phi) is 5.29. The summed E-state index contributed by atoms with van der Waals surface area (Å²) in [5.41, 5.74) is 0. The van der Waals surface area contributed by atoms with Crippen molar-refractivity contribution >= 4 is 28.8 Å². The van der Waals surface area contributed by atoms with Crippen LogP contribution in [0.25, 0.3) is 0 Å². The second-order valence-corrected chi connectivity index (χ2v) is 6.25. The highest BCUT2D eigenvalue weighted by Crippen LogP contribution is 2.15. The molecule has 1 aromatic heterocycles. The van der Waals surface area contributed by atoms with Crippen LogP contribution in [0.4, 0.5) is 0 Å². The van der Waals surface area contributed by atoms with Crippen molar-refractivity contribution in [3.8, 4) is 0 Å². The first-order valence-corrected chi connectivity index (χ1v) is 6.73. The zero-order chi connectivity index (χ0) is 12.1. The number of carbonyl (C=O) groups excluding carboxylic acids is 1. The summed E-state index contributed by atoms with van der Waals surface area (Å²) in [6.45, 7) is 6.78. The predicted octanol–water partition coefficient (Wildman–Crippen LogP) is 3.44. The van der Waals surface area contributed by atoms with Crippen molar-refractivity contribution in [3.63, 3.8) is 0 Å². The SMILES string of the molecule is Cc1ccc(C(=O)NCC(Cl)CC(C)C)s1. The maximum Gasteiger partial charge on any atom is 0.261 e. The van der Waals surface area contributed by atoms with Gasteiger partial charge in [0.05, 0.1) is 10.3 Å². The van der Waals surface area contributed by atoms with E-state index < -0.39 is 0 Å². The fraction of sp³-hybridized carbons (Fsp3) is 0.583. The van der Waals surface area contributed by atoms with Crippen molar-refractivity contribution in [3.05, 3.63) is 21.9 Å². The first kappa shape index (κ1) is 13.5. The fourth-order valence-electron chi connectivity index (χ4n) is 1.44. The monoisotopic (exact) mass is 259 g/mol. The largest absolute Gasteiger partial charge is 0.350 e. The van der Waals surface area contributed by atoms with Crippen LogP contribution in [0.5, 0.6) is 0 Å². The van der Waals surface area contributed by atoms with E-state index in [0.717, 1.165) is 16.2 Å². The molecule has 1 heterocycles. The van der Waals surface area contributed by atoms with Gasteiger partial charge in [0.25, 0.3) is 5.91 Å². The quantitative estimate of drug-likeness (QED) is 0.807. The highest BCUT2D eigenvalue weighted by molar-refractivity contribution is 7.13. The van der Waals surface area contributed by atoms with Crippen LogP contribution in [-0.2, 0) is 0 Å². The van der Waals surface area contributed by atoms with E-state index in [4.69, 9.17) is 11.6 Å². The second kappa shape index (κ2) is 6.26. The topological polar surface area (TPSA) is 29.1 Å². The van der Waals surface area contributed by atoms with Crippen LogP contribution in [0.15, 0.2) is 12.1 Å². The van der Waals surface area contributed by atoms with Gasteiger partial charge in [0.2, 0.25) is 0 Å². The number of nitrogens with one attached hydrogen (secondary N) is 1. The van der Waals surface area contributed by atoms with E-state index >= 15 is 0 Å². The number of hydrogen-bond donors (Lipinski definition) is 1. The number of alkyl halides is 1. The molecule has 0 aliphatic rings. The summed E-state index contributed by atoms with van der Waals surface area (Å²) in [7, 11) is 0. The zero-order valence-corrected chi connectivity index (χ0v) is 11.5. The lowest BCUT2D eigenvalue weighted by Crippen LogP contribution is -2.29. The number of hydrogen-bond acceptors (Lipinski definition) is 2. The van der Waals surface area contributed by atoms with Crippen molar-refractivity contribution in [2.45, 2.75) is 32.6 Å². The molecule has 1 rings (SSSR count). The van der Waals surface area contributed by atoms with Gasteiger partial charge in [0, 0.05) is 11.4 Å².